The molecule has 2 aromatic heterocycles. The SMILES string of the molecule is NS(=O)(=O)c1cc(NC(=O)Cc2ccccc2Cl)ccc1-n1cc(CC(F)(F)F)cn1.NS(=O)(=O)c1cc(NC(=O)Cc2ccccc2F)ccc1-n1cc(CC(F)(F)F)cn1. The van der Waals surface area contributed by atoms with Crippen LogP contribution in [-0.4, -0.2) is 60.6 Å². The number of nitrogens with one attached hydrogen (secondary N) is 2. The van der Waals surface area contributed by atoms with E-state index in [-0.39, 0.29) is 52.3 Å². The number of sulfonamides is 2. The Morgan fingerprint density at radius 1 is 0.629 bits per heavy atom. The van der Waals surface area contributed by atoms with Crippen LogP contribution in [0.15, 0.2) is 120 Å². The molecule has 0 bridgehead atoms. The van der Waals surface area contributed by atoms with Gasteiger partial charge in [-0.05, 0) is 70.8 Å². The fraction of sp³-hybridized carbons (Fsp3) is 0.158. The Kier molecular flexibility index (Phi) is 14.3. The predicted octanol–water partition coefficient (Wildman–Crippen LogP) is 6.40. The van der Waals surface area contributed by atoms with E-state index in [1.165, 1.54) is 42.5 Å². The van der Waals surface area contributed by atoms with Gasteiger partial charge < -0.3 is 10.6 Å². The second kappa shape index (κ2) is 18.9. The predicted molar refractivity (Wildman–Crippen MR) is 212 cm³/mol. The van der Waals surface area contributed by atoms with Gasteiger partial charge in [0, 0.05) is 28.8 Å². The van der Waals surface area contributed by atoms with Crippen LogP contribution in [0.5, 0.6) is 0 Å². The molecule has 4 aromatic carbocycles. The average molecular weight is 929 g/mol. The lowest BCUT2D eigenvalue weighted by atomic mass is 10.1. The first-order valence-corrected chi connectivity index (χ1v) is 20.9. The highest BCUT2D eigenvalue weighted by Gasteiger charge is 2.30. The van der Waals surface area contributed by atoms with E-state index in [9.17, 15) is 57.2 Å². The molecule has 0 saturated heterocycles. The smallest absolute Gasteiger partial charge is 0.326 e. The molecule has 14 nitrogen and oxygen atoms in total. The standard InChI is InChI=1S/C19H16ClF3N4O3S.C19H16F4N4O3S/c2*20-15-4-2-1-3-13(15)7-18(28)26-14-5-6-16(17(8-14)31(24,29)30)27-11-12(10-25-27)9-19(21,22)23/h2*1-6,8,10-11H,7,9H2,(H,26,28)(H2,24,29,30). The monoisotopic (exact) mass is 928 g/mol. The Morgan fingerprint density at radius 3 is 1.44 bits per heavy atom. The second-order valence-corrected chi connectivity index (χ2v) is 16.7. The number of nitrogens with two attached hydrogens (primary N) is 2. The Hall–Kier alpha value is -6.14. The fourth-order valence-electron chi connectivity index (χ4n) is 5.69. The average Bonchev–Trinajstić information content (AvgIpc) is 3.81. The van der Waals surface area contributed by atoms with Crippen molar-refractivity contribution in [2.45, 2.75) is 47.8 Å². The molecule has 62 heavy (non-hydrogen) atoms. The Balaban J connectivity index is 0.000000234. The molecule has 6 aromatic rings. The molecule has 0 unspecified atom stereocenters. The number of hydrogen-bond acceptors (Lipinski definition) is 8. The molecule has 2 amide bonds. The van der Waals surface area contributed by atoms with Crippen LogP contribution in [0.25, 0.3) is 11.4 Å². The quantitative estimate of drug-likeness (QED) is 0.101. The molecule has 0 aliphatic rings. The molecule has 6 N–H and O–H groups in total. The van der Waals surface area contributed by atoms with Crippen molar-refractivity contribution in [3.63, 3.8) is 0 Å². The van der Waals surface area contributed by atoms with Crippen molar-refractivity contribution in [2.24, 2.45) is 10.3 Å². The lowest BCUT2D eigenvalue weighted by Crippen LogP contribution is -2.18. The van der Waals surface area contributed by atoms with Crippen LogP contribution in [0.2, 0.25) is 5.02 Å². The van der Waals surface area contributed by atoms with Gasteiger partial charge in [0.25, 0.3) is 0 Å². The number of primary sulfonamides is 2. The van der Waals surface area contributed by atoms with Gasteiger partial charge in [-0.1, -0.05) is 48.0 Å². The summed E-state index contributed by atoms with van der Waals surface area (Å²) in [6.07, 6.45) is -7.64. The number of nitrogens with zero attached hydrogens (tertiary/aromatic N) is 4. The number of alkyl halides is 6. The minimum Gasteiger partial charge on any atom is -0.326 e. The third kappa shape index (κ3) is 13.4. The Labute approximate surface area is 353 Å². The third-order valence-corrected chi connectivity index (χ3v) is 10.5. The minimum absolute atomic E-state index is 0.0495. The summed E-state index contributed by atoms with van der Waals surface area (Å²) in [6, 6.07) is 19.8. The molecule has 2 heterocycles. The number of hydrogen-bond donors (Lipinski definition) is 4. The Morgan fingerprint density at radius 2 is 1.03 bits per heavy atom. The van der Waals surface area contributed by atoms with Gasteiger partial charge in [-0.15, -0.1) is 0 Å². The number of amides is 2. The third-order valence-electron chi connectivity index (χ3n) is 8.29. The largest absolute Gasteiger partial charge is 0.393 e. The topological polar surface area (TPSA) is 214 Å². The highest BCUT2D eigenvalue weighted by molar-refractivity contribution is 7.89. The van der Waals surface area contributed by atoms with Crippen LogP contribution >= 0.6 is 11.6 Å². The number of carbonyl (C=O) groups excluding carboxylic acids is 2. The van der Waals surface area contributed by atoms with Gasteiger partial charge >= 0.3 is 12.4 Å². The van der Waals surface area contributed by atoms with Gasteiger partial charge in [0.05, 0.1) is 49.5 Å². The van der Waals surface area contributed by atoms with Crippen molar-refractivity contribution in [3.8, 4) is 11.4 Å². The number of halogens is 8. The lowest BCUT2D eigenvalue weighted by molar-refractivity contribution is -0.128. The number of benzene rings is 4. The van der Waals surface area contributed by atoms with Crippen LogP contribution in [0.4, 0.5) is 42.1 Å². The highest BCUT2D eigenvalue weighted by atomic mass is 35.5. The summed E-state index contributed by atoms with van der Waals surface area (Å²) in [6.45, 7) is 0. The van der Waals surface area contributed by atoms with Crippen molar-refractivity contribution in [3.05, 3.63) is 143 Å². The van der Waals surface area contributed by atoms with E-state index >= 15 is 0 Å². The van der Waals surface area contributed by atoms with E-state index in [4.69, 9.17) is 21.9 Å². The molecule has 0 fully saturated rings. The van der Waals surface area contributed by atoms with Crippen LogP contribution in [0.1, 0.15) is 22.3 Å². The maximum Gasteiger partial charge on any atom is 0.393 e. The summed E-state index contributed by atoms with van der Waals surface area (Å²) in [5.41, 5.74) is 0.447. The molecule has 328 valence electrons. The summed E-state index contributed by atoms with van der Waals surface area (Å²) in [7, 11) is -8.61. The van der Waals surface area contributed by atoms with Gasteiger partial charge in [-0.25, -0.2) is 40.9 Å². The molecule has 6 rings (SSSR count). The zero-order valence-electron chi connectivity index (χ0n) is 31.5. The number of anilines is 2. The first kappa shape index (κ1) is 46.9. The minimum atomic E-state index is -4.46. The number of rotatable bonds is 12. The molecule has 24 heteroatoms. The summed E-state index contributed by atoms with van der Waals surface area (Å²) in [4.78, 5) is 23.6. The molecule has 0 spiro atoms. The van der Waals surface area contributed by atoms with E-state index in [1.54, 1.807) is 30.3 Å². The van der Waals surface area contributed by atoms with Crippen molar-refractivity contribution in [1.29, 1.82) is 0 Å². The molecule has 0 saturated carbocycles. The molecule has 0 radical (unpaired) electrons. The van der Waals surface area contributed by atoms with Gasteiger partial charge in [-0.2, -0.15) is 36.5 Å². The van der Waals surface area contributed by atoms with Crippen molar-refractivity contribution >= 4 is 54.8 Å². The first-order chi connectivity index (χ1) is 28.8. The summed E-state index contributed by atoms with van der Waals surface area (Å²) < 4.78 is 139. The van der Waals surface area contributed by atoms with Crippen LogP contribution in [0, 0.1) is 5.82 Å². The van der Waals surface area contributed by atoms with Crippen molar-refractivity contribution < 1.29 is 57.2 Å². The van der Waals surface area contributed by atoms with E-state index in [2.05, 4.69) is 20.8 Å². The molecule has 0 atom stereocenters. The molecule has 0 aliphatic heterocycles. The van der Waals surface area contributed by atoms with Gasteiger partial charge in [-0.3, -0.25) is 9.59 Å². The highest BCUT2D eigenvalue weighted by Crippen LogP contribution is 2.28. The molecule has 0 aliphatic carbocycles. The molecular weight excluding hydrogens is 897 g/mol. The Bertz CT molecular complexity index is 2640. The second-order valence-electron chi connectivity index (χ2n) is 13.3. The maximum absolute atomic E-state index is 13.7. The summed E-state index contributed by atoms with van der Waals surface area (Å²) in [5, 5.41) is 23.5. The van der Waals surface area contributed by atoms with Gasteiger partial charge in [0.2, 0.25) is 31.9 Å². The van der Waals surface area contributed by atoms with Gasteiger partial charge in [0.1, 0.15) is 15.6 Å². The molecular formula is C38H32ClF7N8O6S2. The van der Waals surface area contributed by atoms with E-state index in [0.29, 0.717) is 10.6 Å². The van der Waals surface area contributed by atoms with Crippen LogP contribution < -0.4 is 20.9 Å². The van der Waals surface area contributed by atoms with Gasteiger partial charge in [0.15, 0.2) is 0 Å². The normalized spacial score (nSPS) is 12.0. The number of carbonyl (C=O) groups is 2. The summed E-state index contributed by atoms with van der Waals surface area (Å²) >= 11 is 6.03. The fourth-order valence-corrected chi connectivity index (χ4v) is 7.38. The van der Waals surface area contributed by atoms with Crippen LogP contribution in [0.3, 0.4) is 0 Å². The number of aromatic nitrogens is 4. The first-order valence-electron chi connectivity index (χ1n) is 17.5. The van der Waals surface area contributed by atoms with Crippen molar-refractivity contribution in [1.82, 2.24) is 19.6 Å². The zero-order chi connectivity index (χ0) is 45.6. The van der Waals surface area contributed by atoms with E-state index in [1.807, 2.05) is 0 Å². The van der Waals surface area contributed by atoms with Crippen LogP contribution in [-0.2, 0) is 55.3 Å². The lowest BCUT2D eigenvalue weighted by Gasteiger charge is -2.12. The van der Waals surface area contributed by atoms with Crippen molar-refractivity contribution in [2.75, 3.05) is 10.6 Å². The van der Waals surface area contributed by atoms with E-state index in [0.717, 1.165) is 46.3 Å². The zero-order valence-corrected chi connectivity index (χ0v) is 33.8. The van der Waals surface area contributed by atoms with E-state index < -0.39 is 72.7 Å². The maximum atomic E-state index is 13.7. The summed E-state index contributed by atoms with van der Waals surface area (Å²) in [5.74, 6) is -1.62.